The molecule has 1 atom stereocenters. The summed E-state index contributed by atoms with van der Waals surface area (Å²) in [5.74, 6) is 0.0908. The van der Waals surface area contributed by atoms with E-state index < -0.39 is 11.9 Å². The highest BCUT2D eigenvalue weighted by atomic mass is 35.5. The van der Waals surface area contributed by atoms with E-state index in [1.54, 1.807) is 23.1 Å². The van der Waals surface area contributed by atoms with E-state index in [9.17, 15) is 14.0 Å². The number of amides is 1. The fourth-order valence-electron chi connectivity index (χ4n) is 3.83. The molecule has 1 amide bonds. The first-order valence-corrected chi connectivity index (χ1v) is 10.9. The molecule has 0 fully saturated rings. The summed E-state index contributed by atoms with van der Waals surface area (Å²) in [4.78, 5) is 33.1. The molecule has 7 heteroatoms. The second kappa shape index (κ2) is 9.60. The summed E-state index contributed by atoms with van der Waals surface area (Å²) in [5, 5.41) is 0.359. The second-order valence-corrected chi connectivity index (χ2v) is 8.34. The smallest absolute Gasteiger partial charge is 0.266 e. The number of carbonyl (C=O) groups is 1. The van der Waals surface area contributed by atoms with Gasteiger partial charge in [-0.1, -0.05) is 44.5 Å². The van der Waals surface area contributed by atoms with Crippen molar-refractivity contribution in [2.24, 2.45) is 5.92 Å². The molecule has 0 aliphatic rings. The van der Waals surface area contributed by atoms with Crippen LogP contribution >= 0.6 is 11.6 Å². The van der Waals surface area contributed by atoms with E-state index in [0.29, 0.717) is 41.8 Å². The molecular formula is C24H27ClFN3O2. The molecule has 0 radical (unpaired) electrons. The Hall–Kier alpha value is -2.73. The Bertz CT molecular complexity index is 1160. The molecule has 1 unspecified atom stereocenters. The molecule has 164 valence electrons. The zero-order chi connectivity index (χ0) is 22.7. The van der Waals surface area contributed by atoms with Crippen molar-refractivity contribution in [3.05, 3.63) is 69.5 Å². The highest BCUT2D eigenvalue weighted by Crippen LogP contribution is 2.28. The summed E-state index contributed by atoms with van der Waals surface area (Å²) in [5.41, 5.74) is 0.683. The second-order valence-electron chi connectivity index (χ2n) is 7.93. The van der Waals surface area contributed by atoms with Gasteiger partial charge in [-0.15, -0.1) is 0 Å². The third-order valence-corrected chi connectivity index (χ3v) is 5.56. The van der Waals surface area contributed by atoms with Gasteiger partial charge < -0.3 is 4.90 Å². The number of hydrogen-bond acceptors (Lipinski definition) is 3. The fourth-order valence-corrected chi connectivity index (χ4v) is 4.00. The van der Waals surface area contributed by atoms with Crippen LogP contribution in [0.5, 0.6) is 0 Å². The average molecular weight is 444 g/mol. The molecule has 3 rings (SSSR count). The van der Waals surface area contributed by atoms with Gasteiger partial charge in [0, 0.05) is 13.0 Å². The van der Waals surface area contributed by atoms with Crippen LogP contribution in [0.15, 0.2) is 47.3 Å². The Morgan fingerprint density at radius 3 is 2.52 bits per heavy atom. The summed E-state index contributed by atoms with van der Waals surface area (Å²) in [6.07, 6.45) is 0.974. The summed E-state index contributed by atoms with van der Waals surface area (Å²) in [7, 11) is 0. The third kappa shape index (κ3) is 4.64. The van der Waals surface area contributed by atoms with Crippen molar-refractivity contribution in [1.29, 1.82) is 0 Å². The van der Waals surface area contributed by atoms with Gasteiger partial charge in [-0.3, -0.25) is 14.2 Å². The third-order valence-electron chi connectivity index (χ3n) is 5.27. The van der Waals surface area contributed by atoms with Crippen LogP contribution in [0.25, 0.3) is 16.6 Å². The van der Waals surface area contributed by atoms with Gasteiger partial charge in [-0.05, 0) is 49.6 Å². The maximum absolute atomic E-state index is 13.8. The molecule has 0 bridgehead atoms. The van der Waals surface area contributed by atoms with Gasteiger partial charge >= 0.3 is 0 Å². The van der Waals surface area contributed by atoms with E-state index in [0.717, 1.165) is 0 Å². The van der Waals surface area contributed by atoms with Crippen LogP contribution in [0.4, 0.5) is 4.39 Å². The molecule has 3 aromatic rings. The van der Waals surface area contributed by atoms with Crippen LogP contribution in [0.1, 0.15) is 52.4 Å². The zero-order valence-electron chi connectivity index (χ0n) is 18.2. The highest BCUT2D eigenvalue weighted by Gasteiger charge is 2.28. The maximum atomic E-state index is 13.8. The van der Waals surface area contributed by atoms with Crippen LogP contribution in [0, 0.1) is 11.7 Å². The van der Waals surface area contributed by atoms with E-state index in [1.165, 1.54) is 22.8 Å². The lowest BCUT2D eigenvalue weighted by Gasteiger charge is -2.32. The number of nitrogens with zero attached hydrogens (tertiary/aromatic N) is 3. The lowest BCUT2D eigenvalue weighted by atomic mass is 10.1. The predicted octanol–water partition coefficient (Wildman–Crippen LogP) is 5.52. The number of hydrogen-bond donors (Lipinski definition) is 0. The van der Waals surface area contributed by atoms with Crippen molar-refractivity contribution in [3.63, 3.8) is 0 Å². The van der Waals surface area contributed by atoms with E-state index in [4.69, 9.17) is 16.6 Å². The molecule has 0 N–H and O–H groups in total. The molecule has 0 aliphatic carbocycles. The molecule has 31 heavy (non-hydrogen) atoms. The largest absolute Gasteiger partial charge is 0.333 e. The molecule has 5 nitrogen and oxygen atoms in total. The lowest BCUT2D eigenvalue weighted by Crippen LogP contribution is -2.38. The SMILES string of the molecule is CCC(c1nc2ccccc2c(=O)n1-c1ccc(F)c(Cl)c1)N(CC)C(=O)CC(C)C. The summed E-state index contributed by atoms with van der Waals surface area (Å²) < 4.78 is 15.3. The van der Waals surface area contributed by atoms with Gasteiger partial charge in [-0.2, -0.15) is 0 Å². The summed E-state index contributed by atoms with van der Waals surface area (Å²) in [6.45, 7) is 8.35. The van der Waals surface area contributed by atoms with Crippen molar-refractivity contribution in [1.82, 2.24) is 14.5 Å². The van der Waals surface area contributed by atoms with E-state index in [1.807, 2.05) is 33.8 Å². The molecule has 0 saturated carbocycles. The number of carbonyl (C=O) groups excluding carboxylic acids is 1. The van der Waals surface area contributed by atoms with Crippen molar-refractivity contribution in [2.45, 2.75) is 46.6 Å². The molecule has 2 aromatic carbocycles. The van der Waals surface area contributed by atoms with Gasteiger partial charge in [0.2, 0.25) is 5.91 Å². The van der Waals surface area contributed by atoms with Gasteiger partial charge in [0.15, 0.2) is 0 Å². The lowest BCUT2D eigenvalue weighted by molar-refractivity contribution is -0.134. The summed E-state index contributed by atoms with van der Waals surface area (Å²) >= 11 is 6.02. The zero-order valence-corrected chi connectivity index (χ0v) is 19.0. The van der Waals surface area contributed by atoms with Gasteiger partial charge in [0.05, 0.1) is 27.7 Å². The molecule has 0 aliphatic heterocycles. The first-order valence-electron chi connectivity index (χ1n) is 10.5. The normalized spacial score (nSPS) is 12.4. The molecular weight excluding hydrogens is 417 g/mol. The Morgan fingerprint density at radius 1 is 1.19 bits per heavy atom. The Balaban J connectivity index is 2.29. The predicted molar refractivity (Wildman–Crippen MR) is 122 cm³/mol. The average Bonchev–Trinajstić information content (AvgIpc) is 2.73. The maximum Gasteiger partial charge on any atom is 0.266 e. The molecule has 1 aromatic heterocycles. The number of para-hydroxylation sites is 1. The molecule has 1 heterocycles. The minimum absolute atomic E-state index is 0.00967. The quantitative estimate of drug-likeness (QED) is 0.482. The summed E-state index contributed by atoms with van der Waals surface area (Å²) in [6, 6.07) is 10.8. The van der Waals surface area contributed by atoms with Crippen LogP contribution in [0.2, 0.25) is 5.02 Å². The van der Waals surface area contributed by atoms with E-state index in [-0.39, 0.29) is 22.4 Å². The first kappa shape index (κ1) is 22.9. The molecule has 0 spiro atoms. The minimum Gasteiger partial charge on any atom is -0.333 e. The number of rotatable bonds is 7. The topological polar surface area (TPSA) is 55.2 Å². The van der Waals surface area contributed by atoms with Crippen molar-refractivity contribution in [3.8, 4) is 5.69 Å². The van der Waals surface area contributed by atoms with Gasteiger partial charge in [-0.25, -0.2) is 9.37 Å². The number of aromatic nitrogens is 2. The van der Waals surface area contributed by atoms with E-state index >= 15 is 0 Å². The fraction of sp³-hybridized carbons (Fsp3) is 0.375. The number of benzene rings is 2. The van der Waals surface area contributed by atoms with Crippen molar-refractivity contribution >= 4 is 28.4 Å². The van der Waals surface area contributed by atoms with Crippen LogP contribution in [-0.2, 0) is 4.79 Å². The van der Waals surface area contributed by atoms with Gasteiger partial charge in [0.1, 0.15) is 11.6 Å². The van der Waals surface area contributed by atoms with Crippen LogP contribution in [-0.4, -0.2) is 26.9 Å². The monoisotopic (exact) mass is 443 g/mol. The van der Waals surface area contributed by atoms with E-state index in [2.05, 4.69) is 0 Å². The number of halogens is 2. The first-order chi connectivity index (χ1) is 14.8. The Kier molecular flexibility index (Phi) is 7.11. The minimum atomic E-state index is -0.567. The standard InChI is InChI=1S/C24H27ClFN3O2/c1-5-21(28(6-2)22(30)13-15(3)4)23-27-20-10-8-7-9-17(20)24(31)29(23)16-11-12-19(26)18(25)14-16/h7-12,14-15,21H,5-6,13H2,1-4H3. The highest BCUT2D eigenvalue weighted by molar-refractivity contribution is 6.30. The van der Waals surface area contributed by atoms with Crippen LogP contribution in [0.3, 0.4) is 0 Å². The molecule has 0 saturated heterocycles. The van der Waals surface area contributed by atoms with Crippen LogP contribution < -0.4 is 5.56 Å². The van der Waals surface area contributed by atoms with Gasteiger partial charge in [0.25, 0.3) is 5.56 Å². The Labute approximate surface area is 186 Å². The van der Waals surface area contributed by atoms with Crippen molar-refractivity contribution < 1.29 is 9.18 Å². The van der Waals surface area contributed by atoms with Crippen molar-refractivity contribution in [2.75, 3.05) is 6.54 Å². The number of fused-ring (bicyclic) bond motifs is 1. The Morgan fingerprint density at radius 2 is 1.90 bits per heavy atom.